The van der Waals surface area contributed by atoms with E-state index in [1.54, 1.807) is 6.07 Å². The summed E-state index contributed by atoms with van der Waals surface area (Å²) in [5.74, 6) is -0.814. The Bertz CT molecular complexity index is 816. The molecule has 0 fully saturated rings. The number of ether oxygens (including phenoxy) is 1. The van der Waals surface area contributed by atoms with E-state index in [4.69, 9.17) is 4.74 Å². The fourth-order valence-corrected chi connectivity index (χ4v) is 3.71. The highest BCUT2D eigenvalue weighted by molar-refractivity contribution is 7.14. The van der Waals surface area contributed by atoms with E-state index < -0.39 is 5.97 Å². The molecule has 2 rings (SSSR count). The zero-order chi connectivity index (χ0) is 19.3. The molecule has 2 aromatic heterocycles. The van der Waals surface area contributed by atoms with E-state index in [1.165, 1.54) is 11.3 Å². The van der Waals surface area contributed by atoms with Crippen LogP contribution in [0.25, 0.3) is 0 Å². The first-order valence-electron chi connectivity index (χ1n) is 8.78. The van der Waals surface area contributed by atoms with Crippen molar-refractivity contribution in [1.82, 2.24) is 4.57 Å². The summed E-state index contributed by atoms with van der Waals surface area (Å²) in [7, 11) is 0. The molecule has 0 unspecified atom stereocenters. The lowest BCUT2D eigenvalue weighted by Gasteiger charge is -2.08. The largest absolute Gasteiger partial charge is 0.457 e. The predicted octanol–water partition coefficient (Wildman–Crippen LogP) is 4.27. The molecule has 0 bridgehead atoms. The molecule has 5 nitrogen and oxygen atoms in total. The van der Waals surface area contributed by atoms with Crippen molar-refractivity contribution in [2.75, 3.05) is 6.61 Å². The van der Waals surface area contributed by atoms with Crippen LogP contribution >= 0.6 is 11.3 Å². The van der Waals surface area contributed by atoms with Crippen molar-refractivity contribution in [2.24, 2.45) is 0 Å². The highest BCUT2D eigenvalue weighted by atomic mass is 32.1. The van der Waals surface area contributed by atoms with Crippen molar-refractivity contribution in [1.29, 1.82) is 0 Å². The first-order valence-corrected chi connectivity index (χ1v) is 9.60. The van der Waals surface area contributed by atoms with Gasteiger partial charge in [-0.25, -0.2) is 0 Å². The van der Waals surface area contributed by atoms with Crippen LogP contribution in [0.15, 0.2) is 18.2 Å². The number of thiophene rings is 1. The number of Topliss-reactive ketones (excluding diaryl/α,β-unsaturated/α-hetero) is 2. The van der Waals surface area contributed by atoms with Crippen LogP contribution in [0.5, 0.6) is 0 Å². The average Bonchev–Trinajstić information content (AvgIpc) is 3.16. The Morgan fingerprint density at radius 3 is 2.42 bits per heavy atom. The fourth-order valence-electron chi connectivity index (χ4n) is 2.87. The Balaban J connectivity index is 1.84. The number of hydrogen-bond donors (Lipinski definition) is 0. The smallest absolute Gasteiger partial charge is 0.306 e. The van der Waals surface area contributed by atoms with Gasteiger partial charge in [-0.1, -0.05) is 6.92 Å². The van der Waals surface area contributed by atoms with E-state index in [-0.39, 0.29) is 31.0 Å². The first-order chi connectivity index (χ1) is 12.3. The van der Waals surface area contributed by atoms with E-state index >= 15 is 0 Å². The van der Waals surface area contributed by atoms with Crippen LogP contribution in [-0.2, 0) is 16.1 Å². The van der Waals surface area contributed by atoms with Gasteiger partial charge in [0, 0.05) is 34.8 Å². The number of aryl methyl sites for hydroxylation is 2. The lowest BCUT2D eigenvalue weighted by Crippen LogP contribution is -2.15. The molecular formula is C20H25NO4S. The molecule has 140 valence electrons. The molecule has 0 atom stereocenters. The summed E-state index contributed by atoms with van der Waals surface area (Å²) in [6.07, 6.45) is 1.06. The van der Waals surface area contributed by atoms with E-state index in [9.17, 15) is 14.4 Å². The summed E-state index contributed by atoms with van der Waals surface area (Å²) >= 11 is 1.41. The molecule has 0 spiro atoms. The third-order valence-electron chi connectivity index (χ3n) is 4.26. The van der Waals surface area contributed by atoms with E-state index in [0.29, 0.717) is 10.4 Å². The molecule has 0 aliphatic rings. The summed E-state index contributed by atoms with van der Waals surface area (Å²) in [6.45, 7) is 8.44. The molecule has 26 heavy (non-hydrogen) atoms. The van der Waals surface area contributed by atoms with Gasteiger partial charge in [-0.2, -0.15) is 0 Å². The fraction of sp³-hybridized carbons (Fsp3) is 0.450. The minimum absolute atomic E-state index is 0.0160. The minimum atomic E-state index is -0.526. The molecule has 0 saturated heterocycles. The van der Waals surface area contributed by atoms with Gasteiger partial charge < -0.3 is 9.30 Å². The molecule has 0 aliphatic heterocycles. The van der Waals surface area contributed by atoms with Gasteiger partial charge in [0.25, 0.3) is 0 Å². The molecule has 6 heteroatoms. The second-order valence-electron chi connectivity index (χ2n) is 6.35. The topological polar surface area (TPSA) is 65.4 Å². The molecule has 0 N–H and O–H groups in total. The van der Waals surface area contributed by atoms with Crippen molar-refractivity contribution < 1.29 is 19.1 Å². The monoisotopic (exact) mass is 375 g/mol. The SMILES string of the molecule is CCCn1c(C)cc(C(=O)COC(=O)CCC(=O)c2ccc(C)s2)c1C. The minimum Gasteiger partial charge on any atom is -0.457 e. The van der Waals surface area contributed by atoms with Crippen molar-refractivity contribution in [3.8, 4) is 0 Å². The molecule has 0 radical (unpaired) electrons. The maximum atomic E-state index is 12.3. The van der Waals surface area contributed by atoms with E-state index in [1.807, 2.05) is 32.9 Å². The van der Waals surface area contributed by atoms with Gasteiger partial charge in [0.05, 0.1) is 11.3 Å². The summed E-state index contributed by atoms with van der Waals surface area (Å²) in [4.78, 5) is 37.9. The molecule has 2 heterocycles. The van der Waals surface area contributed by atoms with Gasteiger partial charge in [-0.05, 0) is 45.4 Å². The zero-order valence-electron chi connectivity index (χ0n) is 15.8. The third-order valence-corrected chi connectivity index (χ3v) is 5.30. The van der Waals surface area contributed by atoms with Crippen molar-refractivity contribution in [3.63, 3.8) is 0 Å². The molecule has 2 aromatic rings. The molecular weight excluding hydrogens is 350 g/mol. The van der Waals surface area contributed by atoms with Gasteiger partial charge in [0.1, 0.15) is 0 Å². The summed E-state index contributed by atoms with van der Waals surface area (Å²) in [5, 5.41) is 0. The van der Waals surface area contributed by atoms with Crippen LogP contribution in [0, 0.1) is 20.8 Å². The number of carbonyl (C=O) groups excluding carboxylic acids is 3. The lowest BCUT2D eigenvalue weighted by molar-refractivity contribution is -0.142. The van der Waals surface area contributed by atoms with Crippen LogP contribution in [-0.4, -0.2) is 28.7 Å². The maximum absolute atomic E-state index is 12.3. The molecule has 0 amide bonds. The third kappa shape index (κ3) is 4.91. The van der Waals surface area contributed by atoms with Crippen LogP contribution in [0.2, 0.25) is 0 Å². The maximum Gasteiger partial charge on any atom is 0.306 e. The summed E-state index contributed by atoms with van der Waals surface area (Å²) < 4.78 is 7.16. The number of nitrogens with zero attached hydrogens (tertiary/aromatic N) is 1. The van der Waals surface area contributed by atoms with Crippen LogP contribution in [0.4, 0.5) is 0 Å². The quantitative estimate of drug-likeness (QED) is 0.485. The molecule has 0 saturated carbocycles. The van der Waals surface area contributed by atoms with Gasteiger partial charge >= 0.3 is 5.97 Å². The second-order valence-corrected chi connectivity index (χ2v) is 7.64. The van der Waals surface area contributed by atoms with Crippen LogP contribution in [0.3, 0.4) is 0 Å². The molecule has 0 aliphatic carbocycles. The Morgan fingerprint density at radius 2 is 1.81 bits per heavy atom. The number of rotatable bonds is 9. The van der Waals surface area contributed by atoms with E-state index in [2.05, 4.69) is 11.5 Å². The average molecular weight is 375 g/mol. The van der Waals surface area contributed by atoms with Crippen molar-refractivity contribution >= 4 is 28.9 Å². The first kappa shape index (κ1) is 20.1. The summed E-state index contributed by atoms with van der Waals surface area (Å²) in [6, 6.07) is 5.48. The highest BCUT2D eigenvalue weighted by Crippen LogP contribution is 2.18. The number of hydrogen-bond acceptors (Lipinski definition) is 5. The van der Waals surface area contributed by atoms with Gasteiger partial charge in [-0.15, -0.1) is 11.3 Å². The van der Waals surface area contributed by atoms with Crippen LogP contribution in [0.1, 0.15) is 62.5 Å². The van der Waals surface area contributed by atoms with E-state index in [0.717, 1.165) is 29.2 Å². The van der Waals surface area contributed by atoms with Gasteiger partial charge in [-0.3, -0.25) is 14.4 Å². The van der Waals surface area contributed by atoms with Crippen LogP contribution < -0.4 is 0 Å². The number of esters is 1. The Hall–Kier alpha value is -2.21. The Labute approximate surface area is 158 Å². The number of carbonyl (C=O) groups is 3. The Morgan fingerprint density at radius 1 is 1.08 bits per heavy atom. The predicted molar refractivity (Wildman–Crippen MR) is 102 cm³/mol. The van der Waals surface area contributed by atoms with Gasteiger partial charge in [0.2, 0.25) is 5.78 Å². The molecule has 0 aromatic carbocycles. The Kier molecular flexibility index (Phi) is 6.91. The van der Waals surface area contributed by atoms with Gasteiger partial charge in [0.15, 0.2) is 12.4 Å². The standard InChI is InChI=1S/C20H25NO4S/c1-5-10-21-13(2)11-16(15(21)4)18(23)12-25-20(24)9-7-17(22)19-8-6-14(3)26-19/h6,8,11H,5,7,9-10,12H2,1-4H3. The second kappa shape index (κ2) is 8.94. The van der Waals surface area contributed by atoms with Crippen molar-refractivity contribution in [2.45, 2.75) is 53.5 Å². The highest BCUT2D eigenvalue weighted by Gasteiger charge is 2.18. The number of ketones is 2. The normalized spacial score (nSPS) is 10.8. The summed E-state index contributed by atoms with van der Waals surface area (Å²) in [5.41, 5.74) is 2.51. The van der Waals surface area contributed by atoms with Crippen molar-refractivity contribution in [3.05, 3.63) is 44.9 Å². The number of aromatic nitrogens is 1. The lowest BCUT2D eigenvalue weighted by atomic mass is 10.1. The zero-order valence-corrected chi connectivity index (χ0v) is 16.6.